The molecule has 102 valence electrons. The average Bonchev–Trinajstić information content (AvgIpc) is 3.02. The van der Waals surface area contributed by atoms with E-state index >= 15 is 0 Å². The van der Waals surface area contributed by atoms with Crippen molar-refractivity contribution < 1.29 is 9.66 Å². The molecule has 0 aromatic carbocycles. The molecule has 0 radical (unpaired) electrons. The third-order valence-electron chi connectivity index (χ3n) is 2.46. The molecule has 0 saturated carbocycles. The van der Waals surface area contributed by atoms with Gasteiger partial charge in [0.1, 0.15) is 5.82 Å². The van der Waals surface area contributed by atoms with Gasteiger partial charge in [-0.15, -0.1) is 21.8 Å². The number of nitro groups is 1. The third-order valence-corrected chi connectivity index (χ3v) is 3.73. The number of aromatic nitrogens is 3. The highest BCUT2D eigenvalue weighted by atomic mass is 35.5. The number of nitrogens with zero attached hydrogens (tertiary/aromatic N) is 4. The molecule has 0 spiro atoms. The highest BCUT2D eigenvalue weighted by molar-refractivity contribution is 7.18. The molecule has 2 heterocycles. The number of hydrogen-bond donors (Lipinski definition) is 0. The van der Waals surface area contributed by atoms with Gasteiger partial charge in [-0.1, -0.05) is 11.3 Å². The molecule has 0 aliphatic carbocycles. The molecule has 7 nitrogen and oxygen atoms in total. The van der Waals surface area contributed by atoms with Crippen molar-refractivity contribution in [3.05, 3.63) is 28.1 Å². The van der Waals surface area contributed by atoms with Crippen LogP contribution in [0.3, 0.4) is 0 Å². The van der Waals surface area contributed by atoms with Crippen molar-refractivity contribution in [3.8, 4) is 10.7 Å². The predicted octanol–water partition coefficient (Wildman–Crippen LogP) is 2.30. The molecule has 19 heavy (non-hydrogen) atoms. The van der Waals surface area contributed by atoms with Crippen LogP contribution in [-0.2, 0) is 17.2 Å². The van der Waals surface area contributed by atoms with Crippen LogP contribution in [0.1, 0.15) is 5.82 Å². The summed E-state index contributed by atoms with van der Waals surface area (Å²) in [7, 11) is 1.60. The zero-order chi connectivity index (χ0) is 13.8. The Morgan fingerprint density at radius 1 is 1.53 bits per heavy atom. The van der Waals surface area contributed by atoms with E-state index < -0.39 is 4.92 Å². The van der Waals surface area contributed by atoms with Gasteiger partial charge in [0.25, 0.3) is 0 Å². The molecule has 0 amide bonds. The summed E-state index contributed by atoms with van der Waals surface area (Å²) in [6.07, 6.45) is 0. The topological polar surface area (TPSA) is 83.1 Å². The fourth-order valence-electron chi connectivity index (χ4n) is 1.58. The Balaban J connectivity index is 2.37. The lowest BCUT2D eigenvalue weighted by molar-refractivity contribution is -0.380. The minimum atomic E-state index is -0.424. The van der Waals surface area contributed by atoms with Crippen molar-refractivity contribution in [2.75, 3.05) is 13.7 Å². The molecule has 2 aromatic rings. The smallest absolute Gasteiger partial charge is 0.324 e. The molecule has 0 N–H and O–H groups in total. The highest BCUT2D eigenvalue weighted by Crippen LogP contribution is 2.32. The van der Waals surface area contributed by atoms with Crippen LogP contribution >= 0.6 is 22.9 Å². The number of thiophene rings is 1. The number of ether oxygens (including phenoxy) is 1. The van der Waals surface area contributed by atoms with Gasteiger partial charge in [-0.2, -0.15) is 0 Å². The summed E-state index contributed by atoms with van der Waals surface area (Å²) in [5.74, 6) is 1.42. The molecule has 0 saturated heterocycles. The summed E-state index contributed by atoms with van der Waals surface area (Å²) in [5, 5.41) is 18.8. The molecule has 0 aliphatic rings. The molecule has 2 aromatic heterocycles. The molecular weight excluding hydrogens is 292 g/mol. The number of alkyl halides is 1. The molecule has 9 heteroatoms. The first-order valence-electron chi connectivity index (χ1n) is 5.39. The van der Waals surface area contributed by atoms with Crippen LogP contribution in [-0.4, -0.2) is 33.4 Å². The van der Waals surface area contributed by atoms with Gasteiger partial charge in [0, 0.05) is 19.7 Å². The summed E-state index contributed by atoms with van der Waals surface area (Å²) < 4.78 is 6.84. The van der Waals surface area contributed by atoms with Gasteiger partial charge >= 0.3 is 5.00 Å². The van der Waals surface area contributed by atoms with E-state index in [1.165, 1.54) is 6.07 Å². The Bertz CT molecular complexity index is 583. The average molecular weight is 303 g/mol. The standard InChI is InChI=1S/C10H11ClN4O3S/c1-18-5-4-14-8(6-11)12-13-10(14)7-2-3-9(19-7)15(16)17/h2-3H,4-6H2,1H3. The van der Waals surface area contributed by atoms with E-state index in [0.717, 1.165) is 11.3 Å². The Morgan fingerprint density at radius 2 is 2.32 bits per heavy atom. The van der Waals surface area contributed by atoms with Crippen molar-refractivity contribution in [3.63, 3.8) is 0 Å². The van der Waals surface area contributed by atoms with E-state index in [9.17, 15) is 10.1 Å². The zero-order valence-electron chi connectivity index (χ0n) is 10.1. The first-order chi connectivity index (χ1) is 9.17. The van der Waals surface area contributed by atoms with Crippen LogP contribution in [0.15, 0.2) is 12.1 Å². The molecule has 0 aliphatic heterocycles. The number of hydrogen-bond acceptors (Lipinski definition) is 6. The Kier molecular flexibility index (Phi) is 4.46. The van der Waals surface area contributed by atoms with Crippen molar-refractivity contribution in [2.24, 2.45) is 0 Å². The quantitative estimate of drug-likeness (QED) is 0.464. The van der Waals surface area contributed by atoms with E-state index in [4.69, 9.17) is 16.3 Å². The van der Waals surface area contributed by atoms with Crippen LogP contribution in [0.25, 0.3) is 10.7 Å². The van der Waals surface area contributed by atoms with Crippen molar-refractivity contribution in [1.82, 2.24) is 14.8 Å². The van der Waals surface area contributed by atoms with Gasteiger partial charge in [0.05, 0.1) is 22.3 Å². The lowest BCUT2D eigenvalue weighted by Gasteiger charge is -2.06. The summed E-state index contributed by atoms with van der Waals surface area (Å²) in [6.45, 7) is 1.04. The summed E-state index contributed by atoms with van der Waals surface area (Å²) in [4.78, 5) is 11.0. The predicted molar refractivity (Wildman–Crippen MR) is 71.4 cm³/mol. The van der Waals surface area contributed by atoms with Crippen molar-refractivity contribution in [1.29, 1.82) is 0 Å². The van der Waals surface area contributed by atoms with Crippen molar-refractivity contribution in [2.45, 2.75) is 12.4 Å². The van der Waals surface area contributed by atoms with Gasteiger partial charge in [0.15, 0.2) is 5.82 Å². The summed E-state index contributed by atoms with van der Waals surface area (Å²) in [5.41, 5.74) is 0. The first-order valence-corrected chi connectivity index (χ1v) is 6.74. The minimum Gasteiger partial charge on any atom is -0.383 e. The minimum absolute atomic E-state index is 0.0729. The van der Waals surface area contributed by atoms with Crippen LogP contribution < -0.4 is 0 Å². The maximum Gasteiger partial charge on any atom is 0.324 e. The summed E-state index contributed by atoms with van der Waals surface area (Å²) >= 11 is 6.86. The van der Waals surface area contributed by atoms with E-state index in [1.54, 1.807) is 13.2 Å². The maximum atomic E-state index is 10.7. The normalized spacial score (nSPS) is 10.8. The van der Waals surface area contributed by atoms with E-state index in [2.05, 4.69) is 10.2 Å². The van der Waals surface area contributed by atoms with Gasteiger partial charge in [-0.25, -0.2) is 0 Å². The molecular formula is C10H11ClN4O3S. The summed E-state index contributed by atoms with van der Waals surface area (Å²) in [6, 6.07) is 3.11. The molecule has 0 fully saturated rings. The maximum absolute atomic E-state index is 10.7. The van der Waals surface area contributed by atoms with Gasteiger partial charge in [-0.3, -0.25) is 10.1 Å². The number of halogens is 1. The Morgan fingerprint density at radius 3 is 2.89 bits per heavy atom. The lowest BCUT2D eigenvalue weighted by Crippen LogP contribution is -2.08. The molecule has 0 bridgehead atoms. The zero-order valence-corrected chi connectivity index (χ0v) is 11.6. The second-order valence-corrected chi connectivity index (χ2v) is 4.94. The van der Waals surface area contributed by atoms with E-state index in [1.807, 2.05) is 4.57 Å². The fourth-order valence-corrected chi connectivity index (χ4v) is 2.59. The lowest BCUT2D eigenvalue weighted by atomic mass is 10.4. The largest absolute Gasteiger partial charge is 0.383 e. The Labute approximate surface area is 117 Å². The first kappa shape index (κ1) is 13.9. The van der Waals surface area contributed by atoms with E-state index in [-0.39, 0.29) is 10.9 Å². The molecule has 2 rings (SSSR count). The Hall–Kier alpha value is -1.51. The molecule has 0 atom stereocenters. The van der Waals surface area contributed by atoms with Gasteiger partial charge in [0.2, 0.25) is 0 Å². The number of rotatable bonds is 6. The van der Waals surface area contributed by atoms with Crippen LogP contribution in [0, 0.1) is 10.1 Å². The van der Waals surface area contributed by atoms with Crippen LogP contribution in [0.2, 0.25) is 0 Å². The van der Waals surface area contributed by atoms with Gasteiger partial charge in [-0.05, 0) is 6.07 Å². The van der Waals surface area contributed by atoms with Crippen LogP contribution in [0.4, 0.5) is 5.00 Å². The second-order valence-electron chi connectivity index (χ2n) is 3.61. The van der Waals surface area contributed by atoms with Crippen molar-refractivity contribution >= 4 is 27.9 Å². The fraction of sp³-hybridized carbons (Fsp3) is 0.400. The van der Waals surface area contributed by atoms with Gasteiger partial charge < -0.3 is 9.30 Å². The monoisotopic (exact) mass is 302 g/mol. The highest BCUT2D eigenvalue weighted by Gasteiger charge is 2.18. The van der Waals surface area contributed by atoms with Crippen LogP contribution in [0.5, 0.6) is 0 Å². The number of methoxy groups -OCH3 is 1. The third kappa shape index (κ3) is 2.91. The second kappa shape index (κ2) is 6.09. The SMILES string of the molecule is COCCn1c(CCl)nnc1-c1ccc([N+](=O)[O-])s1. The molecule has 0 unspecified atom stereocenters. The van der Waals surface area contributed by atoms with E-state index in [0.29, 0.717) is 29.7 Å².